The fraction of sp³-hybridized carbons (Fsp3) is 0.643. The van der Waals surface area contributed by atoms with Crippen molar-refractivity contribution in [2.75, 3.05) is 19.6 Å². The quantitative estimate of drug-likeness (QED) is 0.278. The Balaban J connectivity index is 0.000000360. The van der Waals surface area contributed by atoms with Gasteiger partial charge in [0.1, 0.15) is 5.52 Å². The first-order valence-corrected chi connectivity index (χ1v) is 13.7. The largest absolute Gasteiger partial charge is 0.479 e. The number of fused-ring (bicyclic) bond motifs is 1. The summed E-state index contributed by atoms with van der Waals surface area (Å²) in [7, 11) is 0. The number of carbonyl (C=O) groups is 3. The highest BCUT2D eigenvalue weighted by Gasteiger charge is 2.34. The smallest absolute Gasteiger partial charge is 0.335 e. The van der Waals surface area contributed by atoms with Crippen LogP contribution in [-0.4, -0.2) is 95.4 Å². The van der Waals surface area contributed by atoms with Crippen LogP contribution in [0, 0.1) is 5.92 Å². The molecule has 4 rings (SSSR count). The van der Waals surface area contributed by atoms with Gasteiger partial charge in [0.15, 0.2) is 18.0 Å². The second-order valence-electron chi connectivity index (χ2n) is 11.1. The number of carbonyl (C=O) groups excluding carboxylic acids is 1. The summed E-state index contributed by atoms with van der Waals surface area (Å²) in [6.07, 6.45) is 5.57. The number of β-amino-alcohol motifs (C(OH)–C–C–N with tert-alkyl or cyclic N) is 1. The van der Waals surface area contributed by atoms with Gasteiger partial charge in [-0.2, -0.15) is 5.10 Å². The molecule has 1 aliphatic heterocycles. The number of benzene rings is 1. The number of aromatic nitrogens is 2. The first-order valence-electron chi connectivity index (χ1n) is 13.7. The van der Waals surface area contributed by atoms with Crippen LogP contribution in [0.2, 0.25) is 0 Å². The van der Waals surface area contributed by atoms with Crippen LogP contribution in [0.25, 0.3) is 10.9 Å². The van der Waals surface area contributed by atoms with Crippen molar-refractivity contribution in [2.24, 2.45) is 5.92 Å². The van der Waals surface area contributed by atoms with Gasteiger partial charge in [-0.25, -0.2) is 9.59 Å². The van der Waals surface area contributed by atoms with E-state index in [9.17, 15) is 19.5 Å². The maximum absolute atomic E-state index is 12.9. The number of aliphatic carboxylic acids is 2. The molecule has 1 saturated carbocycles. The van der Waals surface area contributed by atoms with E-state index in [0.717, 1.165) is 81.0 Å². The average molecular weight is 548 g/mol. The van der Waals surface area contributed by atoms with Gasteiger partial charge in [0.2, 0.25) is 0 Å². The molecule has 1 saturated heterocycles. The highest BCUT2D eigenvalue weighted by Crippen LogP contribution is 2.32. The fourth-order valence-corrected chi connectivity index (χ4v) is 5.33. The Morgan fingerprint density at radius 3 is 2.15 bits per heavy atom. The van der Waals surface area contributed by atoms with Crippen molar-refractivity contribution in [1.29, 1.82) is 0 Å². The van der Waals surface area contributed by atoms with Gasteiger partial charge in [0.05, 0.1) is 5.60 Å². The van der Waals surface area contributed by atoms with Crippen LogP contribution in [0.15, 0.2) is 24.4 Å². The molecule has 2 atom stereocenters. The Bertz CT molecular complexity index is 1120. The van der Waals surface area contributed by atoms with E-state index < -0.39 is 29.7 Å². The number of Topliss-reactive ketones (excluding diaryl/α,β-unsaturated/α-hetero) is 1. The van der Waals surface area contributed by atoms with Crippen molar-refractivity contribution in [3.8, 4) is 0 Å². The summed E-state index contributed by atoms with van der Waals surface area (Å²) < 4.78 is 1.94. The van der Waals surface area contributed by atoms with Crippen molar-refractivity contribution in [1.82, 2.24) is 14.7 Å². The maximum atomic E-state index is 12.9. The van der Waals surface area contributed by atoms with Gasteiger partial charge in [-0.3, -0.25) is 9.48 Å². The van der Waals surface area contributed by atoms with Gasteiger partial charge in [0.25, 0.3) is 0 Å². The Morgan fingerprint density at radius 2 is 1.62 bits per heavy atom. The van der Waals surface area contributed by atoms with Gasteiger partial charge < -0.3 is 30.4 Å². The predicted octanol–water partition coefficient (Wildman–Crippen LogP) is 2.47. The van der Waals surface area contributed by atoms with Crippen LogP contribution < -0.4 is 0 Å². The van der Waals surface area contributed by atoms with E-state index in [1.54, 1.807) is 0 Å². The van der Waals surface area contributed by atoms with Gasteiger partial charge in [0, 0.05) is 36.2 Å². The number of carboxylic acid groups (broad SMARTS) is 2. The Labute approximate surface area is 228 Å². The van der Waals surface area contributed by atoms with Crippen LogP contribution in [0.1, 0.15) is 81.6 Å². The number of piperidine rings is 1. The van der Waals surface area contributed by atoms with Crippen molar-refractivity contribution >= 4 is 28.6 Å². The number of hydrogen-bond donors (Lipinski definition) is 5. The second-order valence-corrected chi connectivity index (χ2v) is 11.1. The van der Waals surface area contributed by atoms with E-state index in [-0.39, 0.29) is 11.8 Å². The minimum Gasteiger partial charge on any atom is -0.479 e. The molecular weight excluding hydrogens is 506 g/mol. The zero-order valence-electron chi connectivity index (χ0n) is 22.7. The molecule has 2 unspecified atom stereocenters. The summed E-state index contributed by atoms with van der Waals surface area (Å²) in [5.41, 5.74) is 1.16. The molecule has 0 amide bonds. The summed E-state index contributed by atoms with van der Waals surface area (Å²) in [5.74, 6) is -2.71. The molecule has 0 spiro atoms. The van der Waals surface area contributed by atoms with Gasteiger partial charge in [-0.1, -0.05) is 25.0 Å². The van der Waals surface area contributed by atoms with Gasteiger partial charge in [-0.15, -0.1) is 0 Å². The van der Waals surface area contributed by atoms with E-state index in [0.29, 0.717) is 12.3 Å². The molecule has 2 aromatic rings. The zero-order chi connectivity index (χ0) is 28.7. The molecule has 1 aliphatic carbocycles. The normalized spacial score (nSPS) is 19.4. The first kappa shape index (κ1) is 30.7. The highest BCUT2D eigenvalue weighted by atomic mass is 16.4. The molecule has 1 aromatic heterocycles. The number of aliphatic hydroxyl groups excluding tert-OH is 2. The molecule has 216 valence electrons. The first-order chi connectivity index (χ1) is 18.4. The van der Waals surface area contributed by atoms with Crippen LogP contribution in [0.3, 0.4) is 0 Å². The average Bonchev–Trinajstić information content (AvgIpc) is 3.54. The number of nitrogens with zero attached hydrogens (tertiary/aromatic N) is 3. The third-order valence-electron chi connectivity index (χ3n) is 7.73. The fourth-order valence-electron chi connectivity index (χ4n) is 5.33. The Morgan fingerprint density at radius 1 is 1.03 bits per heavy atom. The molecule has 39 heavy (non-hydrogen) atoms. The van der Waals surface area contributed by atoms with E-state index >= 15 is 0 Å². The van der Waals surface area contributed by atoms with E-state index in [1.165, 1.54) is 0 Å². The molecule has 2 aliphatic rings. The van der Waals surface area contributed by atoms with Gasteiger partial charge in [-0.05, 0) is 71.0 Å². The van der Waals surface area contributed by atoms with E-state index in [2.05, 4.69) is 23.8 Å². The topological polar surface area (TPSA) is 173 Å². The predicted molar refractivity (Wildman–Crippen MR) is 144 cm³/mol. The molecule has 11 heteroatoms. The van der Waals surface area contributed by atoms with Crippen LogP contribution in [0.5, 0.6) is 0 Å². The molecule has 0 radical (unpaired) electrons. The summed E-state index contributed by atoms with van der Waals surface area (Å²) in [5, 5.41) is 48.9. The highest BCUT2D eigenvalue weighted by molar-refractivity contribution is 6.06. The molecule has 1 aromatic carbocycles. The third-order valence-corrected chi connectivity index (χ3v) is 7.73. The molecule has 2 heterocycles. The number of likely N-dealkylation sites (tertiary alicyclic amines) is 1. The van der Waals surface area contributed by atoms with Crippen molar-refractivity contribution in [2.45, 2.75) is 89.1 Å². The number of rotatable bonds is 10. The minimum absolute atomic E-state index is 0.215. The lowest BCUT2D eigenvalue weighted by molar-refractivity contribution is -0.165. The van der Waals surface area contributed by atoms with Crippen molar-refractivity contribution < 1.29 is 39.9 Å². The Kier molecular flexibility index (Phi) is 10.6. The summed E-state index contributed by atoms with van der Waals surface area (Å²) >= 11 is 0. The number of ketones is 1. The SMILES string of the molecule is CC(C)n1cc2cccc(C(=O)CCC3CCN(CC4(O)CCCC4)CC3)c2n1.O=C(O)C(O)C(O)C(=O)O. The summed E-state index contributed by atoms with van der Waals surface area (Å²) in [4.78, 5) is 34.9. The molecule has 0 bridgehead atoms. The zero-order valence-corrected chi connectivity index (χ0v) is 22.7. The van der Waals surface area contributed by atoms with Crippen molar-refractivity contribution in [3.05, 3.63) is 30.0 Å². The lowest BCUT2D eigenvalue weighted by atomic mass is 9.89. The lowest BCUT2D eigenvalue weighted by Crippen LogP contribution is -2.44. The van der Waals surface area contributed by atoms with Crippen LogP contribution in [-0.2, 0) is 9.59 Å². The monoisotopic (exact) mass is 547 g/mol. The minimum atomic E-state index is -2.27. The summed E-state index contributed by atoms with van der Waals surface area (Å²) in [6.45, 7) is 7.14. The standard InChI is InChI=1S/C24H35N3O2.C4H6O6/c1-18(2)27-16-20-6-5-7-21(23(20)25-27)22(28)9-8-19-10-14-26(15-11-19)17-24(29)12-3-4-13-24;5-1(3(7)8)2(6)4(9)10/h5-7,16,18-19,29H,3-4,8-15,17H2,1-2H3;1-2,5-6H,(H,7,8)(H,9,10). The lowest BCUT2D eigenvalue weighted by Gasteiger charge is -2.36. The number of carboxylic acids is 2. The number of aliphatic hydroxyl groups is 3. The Hall–Kier alpha value is -2.86. The third kappa shape index (κ3) is 8.31. The van der Waals surface area contributed by atoms with E-state index in [1.807, 2.05) is 29.1 Å². The molecular formula is C28H41N3O8. The van der Waals surface area contributed by atoms with E-state index in [4.69, 9.17) is 20.4 Å². The molecule has 2 fully saturated rings. The molecule has 11 nitrogen and oxygen atoms in total. The molecule has 5 N–H and O–H groups in total. The van der Waals surface area contributed by atoms with Crippen LogP contribution in [0.4, 0.5) is 0 Å². The second kappa shape index (κ2) is 13.5. The number of hydrogen-bond acceptors (Lipinski definition) is 8. The van der Waals surface area contributed by atoms with Crippen molar-refractivity contribution in [3.63, 3.8) is 0 Å². The maximum Gasteiger partial charge on any atom is 0.335 e. The van der Waals surface area contributed by atoms with Crippen LogP contribution >= 0.6 is 0 Å². The summed E-state index contributed by atoms with van der Waals surface area (Å²) in [6, 6.07) is 6.21. The van der Waals surface area contributed by atoms with Gasteiger partial charge >= 0.3 is 11.9 Å².